The topological polar surface area (TPSA) is 89.9 Å². The normalized spacial score (nSPS) is 22.5. The standard InChI is InChI=1S/C13H20O6/c14-9-18-7-1-2-8-19-13(17)11-5-3-10(4-6-11)12(15)16/h9-11H,1-8H2,(H,15,16). The van der Waals surface area contributed by atoms with Gasteiger partial charge in [0, 0.05) is 0 Å². The third-order valence-electron chi connectivity index (χ3n) is 3.38. The van der Waals surface area contributed by atoms with Crippen molar-refractivity contribution in [2.75, 3.05) is 13.2 Å². The second-order valence-electron chi connectivity index (χ2n) is 4.73. The Morgan fingerprint density at radius 2 is 1.63 bits per heavy atom. The SMILES string of the molecule is O=COCCCCOC(=O)C1CCC(C(=O)O)CC1. The van der Waals surface area contributed by atoms with Crippen molar-refractivity contribution in [2.24, 2.45) is 11.8 Å². The predicted octanol–water partition coefficient (Wildman–Crippen LogP) is 1.37. The molecule has 0 unspecified atom stereocenters. The number of rotatable bonds is 8. The Kier molecular flexibility index (Phi) is 6.92. The van der Waals surface area contributed by atoms with Crippen molar-refractivity contribution in [2.45, 2.75) is 38.5 Å². The number of carboxylic acid groups (broad SMARTS) is 1. The molecule has 0 aromatic carbocycles. The number of ether oxygens (including phenoxy) is 2. The van der Waals surface area contributed by atoms with E-state index in [-0.39, 0.29) is 17.8 Å². The second kappa shape index (κ2) is 8.50. The maximum Gasteiger partial charge on any atom is 0.308 e. The van der Waals surface area contributed by atoms with Crippen molar-refractivity contribution in [3.63, 3.8) is 0 Å². The summed E-state index contributed by atoms with van der Waals surface area (Å²) in [4.78, 5) is 32.4. The number of hydrogen-bond donors (Lipinski definition) is 1. The van der Waals surface area contributed by atoms with Gasteiger partial charge in [-0.15, -0.1) is 0 Å². The summed E-state index contributed by atoms with van der Waals surface area (Å²) in [5.41, 5.74) is 0. The lowest BCUT2D eigenvalue weighted by Gasteiger charge is -2.24. The van der Waals surface area contributed by atoms with Gasteiger partial charge in [-0.05, 0) is 38.5 Å². The van der Waals surface area contributed by atoms with Crippen LogP contribution in [-0.4, -0.2) is 36.7 Å². The molecule has 0 aliphatic heterocycles. The third kappa shape index (κ3) is 5.72. The van der Waals surface area contributed by atoms with Gasteiger partial charge < -0.3 is 14.6 Å². The van der Waals surface area contributed by atoms with Crippen molar-refractivity contribution in [1.82, 2.24) is 0 Å². The maximum atomic E-state index is 11.7. The molecule has 6 heteroatoms. The first-order chi connectivity index (χ1) is 9.15. The average Bonchev–Trinajstić information content (AvgIpc) is 2.42. The zero-order chi connectivity index (χ0) is 14.1. The van der Waals surface area contributed by atoms with Gasteiger partial charge in [0.15, 0.2) is 0 Å². The lowest BCUT2D eigenvalue weighted by molar-refractivity contribution is -0.152. The van der Waals surface area contributed by atoms with Crippen LogP contribution in [0.25, 0.3) is 0 Å². The average molecular weight is 272 g/mol. The van der Waals surface area contributed by atoms with Crippen molar-refractivity contribution in [3.8, 4) is 0 Å². The van der Waals surface area contributed by atoms with Crippen molar-refractivity contribution < 1.29 is 29.0 Å². The zero-order valence-corrected chi connectivity index (χ0v) is 10.9. The van der Waals surface area contributed by atoms with Crippen LogP contribution in [0.1, 0.15) is 38.5 Å². The van der Waals surface area contributed by atoms with Crippen LogP contribution in [0.15, 0.2) is 0 Å². The molecule has 1 saturated carbocycles. The van der Waals surface area contributed by atoms with Crippen LogP contribution in [0.2, 0.25) is 0 Å². The summed E-state index contributed by atoms with van der Waals surface area (Å²) in [6.07, 6.45) is 3.58. The molecule has 1 fully saturated rings. The van der Waals surface area contributed by atoms with Gasteiger partial charge in [-0.2, -0.15) is 0 Å². The molecule has 108 valence electrons. The third-order valence-corrected chi connectivity index (χ3v) is 3.38. The van der Waals surface area contributed by atoms with E-state index < -0.39 is 5.97 Å². The Balaban J connectivity index is 2.10. The summed E-state index contributed by atoms with van der Waals surface area (Å²) < 4.78 is 9.64. The molecular formula is C13H20O6. The Morgan fingerprint density at radius 1 is 1.05 bits per heavy atom. The van der Waals surface area contributed by atoms with Crippen LogP contribution in [0.3, 0.4) is 0 Å². The fraction of sp³-hybridized carbons (Fsp3) is 0.769. The second-order valence-corrected chi connectivity index (χ2v) is 4.73. The van der Waals surface area contributed by atoms with E-state index in [1.165, 1.54) is 0 Å². The number of unbranched alkanes of at least 4 members (excludes halogenated alkanes) is 1. The molecule has 0 spiro atoms. The molecule has 1 aliphatic carbocycles. The smallest absolute Gasteiger partial charge is 0.308 e. The molecule has 1 aliphatic rings. The predicted molar refractivity (Wildman–Crippen MR) is 65.3 cm³/mol. The monoisotopic (exact) mass is 272 g/mol. The minimum Gasteiger partial charge on any atom is -0.481 e. The highest BCUT2D eigenvalue weighted by molar-refractivity contribution is 5.74. The van der Waals surface area contributed by atoms with Crippen LogP contribution in [-0.2, 0) is 23.9 Å². The van der Waals surface area contributed by atoms with E-state index in [9.17, 15) is 14.4 Å². The van der Waals surface area contributed by atoms with Crippen LogP contribution in [0, 0.1) is 11.8 Å². The van der Waals surface area contributed by atoms with E-state index in [1.807, 2.05) is 0 Å². The highest BCUT2D eigenvalue weighted by Gasteiger charge is 2.30. The molecule has 1 rings (SSSR count). The molecule has 0 aromatic heterocycles. The van der Waals surface area contributed by atoms with E-state index in [1.54, 1.807) is 0 Å². The first-order valence-electron chi connectivity index (χ1n) is 6.60. The van der Waals surface area contributed by atoms with Gasteiger partial charge in [0.25, 0.3) is 6.47 Å². The van der Waals surface area contributed by atoms with Gasteiger partial charge in [0.1, 0.15) is 0 Å². The van der Waals surface area contributed by atoms with Gasteiger partial charge in [0.05, 0.1) is 25.0 Å². The lowest BCUT2D eigenvalue weighted by Crippen LogP contribution is -2.27. The van der Waals surface area contributed by atoms with Gasteiger partial charge in [-0.1, -0.05) is 0 Å². The van der Waals surface area contributed by atoms with Crippen molar-refractivity contribution >= 4 is 18.4 Å². The summed E-state index contributed by atoms with van der Waals surface area (Å²) >= 11 is 0. The molecular weight excluding hydrogens is 252 g/mol. The molecule has 0 aromatic rings. The number of aliphatic carboxylic acids is 1. The van der Waals surface area contributed by atoms with E-state index in [0.717, 1.165) is 0 Å². The Morgan fingerprint density at radius 3 is 2.21 bits per heavy atom. The summed E-state index contributed by atoms with van der Waals surface area (Å²) in [6.45, 7) is 1.05. The number of carbonyl (C=O) groups is 3. The van der Waals surface area contributed by atoms with E-state index in [4.69, 9.17) is 9.84 Å². The highest BCUT2D eigenvalue weighted by atomic mass is 16.5. The summed E-state index contributed by atoms with van der Waals surface area (Å²) in [6, 6.07) is 0. The Bertz CT molecular complexity index is 306. The Labute approximate surface area is 112 Å². The lowest BCUT2D eigenvalue weighted by atomic mass is 9.82. The van der Waals surface area contributed by atoms with Gasteiger partial charge in [-0.25, -0.2) is 0 Å². The van der Waals surface area contributed by atoms with Crippen LogP contribution in [0.5, 0.6) is 0 Å². The summed E-state index contributed by atoms with van der Waals surface area (Å²) in [5, 5.41) is 8.85. The summed E-state index contributed by atoms with van der Waals surface area (Å²) in [5.74, 6) is -1.49. The highest BCUT2D eigenvalue weighted by Crippen LogP contribution is 2.29. The molecule has 0 heterocycles. The Hall–Kier alpha value is -1.59. The fourth-order valence-electron chi connectivity index (χ4n) is 2.20. The zero-order valence-electron chi connectivity index (χ0n) is 10.9. The molecule has 0 bridgehead atoms. The van der Waals surface area contributed by atoms with Gasteiger partial charge in [0.2, 0.25) is 0 Å². The quantitative estimate of drug-likeness (QED) is 0.408. The minimum absolute atomic E-state index is 0.165. The van der Waals surface area contributed by atoms with E-state index >= 15 is 0 Å². The molecule has 19 heavy (non-hydrogen) atoms. The number of esters is 1. The summed E-state index contributed by atoms with van der Waals surface area (Å²) in [7, 11) is 0. The van der Waals surface area contributed by atoms with Gasteiger partial charge >= 0.3 is 11.9 Å². The minimum atomic E-state index is -0.776. The van der Waals surface area contributed by atoms with E-state index in [0.29, 0.717) is 58.2 Å². The molecule has 0 radical (unpaired) electrons. The molecule has 0 saturated heterocycles. The number of carbonyl (C=O) groups excluding carboxylic acids is 2. The van der Waals surface area contributed by atoms with E-state index in [2.05, 4.69) is 4.74 Å². The van der Waals surface area contributed by atoms with Crippen molar-refractivity contribution in [1.29, 1.82) is 0 Å². The van der Waals surface area contributed by atoms with Crippen LogP contribution < -0.4 is 0 Å². The molecule has 0 atom stereocenters. The molecule has 0 amide bonds. The number of carboxylic acids is 1. The number of hydrogen-bond acceptors (Lipinski definition) is 5. The first-order valence-corrected chi connectivity index (χ1v) is 6.60. The fourth-order valence-corrected chi connectivity index (χ4v) is 2.20. The molecule has 6 nitrogen and oxygen atoms in total. The van der Waals surface area contributed by atoms with Gasteiger partial charge in [-0.3, -0.25) is 14.4 Å². The largest absolute Gasteiger partial charge is 0.481 e. The first kappa shape index (κ1) is 15.5. The van der Waals surface area contributed by atoms with Crippen LogP contribution in [0.4, 0.5) is 0 Å². The van der Waals surface area contributed by atoms with Crippen molar-refractivity contribution in [3.05, 3.63) is 0 Å². The van der Waals surface area contributed by atoms with Crippen LogP contribution >= 0.6 is 0 Å². The maximum absolute atomic E-state index is 11.7. The molecule has 1 N–H and O–H groups in total.